The van der Waals surface area contributed by atoms with Gasteiger partial charge in [-0.2, -0.15) is 0 Å². The molecule has 1 amide bonds. The Hall–Kier alpha value is -1.49. The van der Waals surface area contributed by atoms with Crippen LogP contribution in [0.2, 0.25) is 0 Å². The van der Waals surface area contributed by atoms with Gasteiger partial charge in [0.15, 0.2) is 11.6 Å². The molecule has 3 nitrogen and oxygen atoms in total. The van der Waals surface area contributed by atoms with E-state index in [1.807, 2.05) is 0 Å². The Labute approximate surface area is 142 Å². The van der Waals surface area contributed by atoms with Gasteiger partial charge in [0, 0.05) is 24.9 Å². The Balaban J connectivity index is 1.63. The quantitative estimate of drug-likeness (QED) is 0.885. The van der Waals surface area contributed by atoms with Gasteiger partial charge in [-0.3, -0.25) is 4.79 Å². The summed E-state index contributed by atoms with van der Waals surface area (Å²) in [6, 6.07) is 4.00. The van der Waals surface area contributed by atoms with E-state index in [9.17, 15) is 13.6 Å². The molecule has 0 spiro atoms. The molecule has 2 fully saturated rings. The first kappa shape index (κ1) is 17.3. The molecule has 2 aliphatic rings. The van der Waals surface area contributed by atoms with Gasteiger partial charge in [0.25, 0.3) is 0 Å². The first-order valence-electron chi connectivity index (χ1n) is 8.98. The number of halogens is 2. The number of hydrogen-bond acceptors (Lipinski definition) is 2. The van der Waals surface area contributed by atoms with Gasteiger partial charge >= 0.3 is 0 Å². The van der Waals surface area contributed by atoms with E-state index in [0.717, 1.165) is 31.4 Å². The molecular formula is C19H26F2N2O. The van der Waals surface area contributed by atoms with Crippen molar-refractivity contribution in [2.45, 2.75) is 51.0 Å². The van der Waals surface area contributed by atoms with Crippen molar-refractivity contribution in [3.63, 3.8) is 0 Å². The highest BCUT2D eigenvalue weighted by Gasteiger charge is 2.30. The van der Waals surface area contributed by atoms with E-state index in [0.29, 0.717) is 24.8 Å². The summed E-state index contributed by atoms with van der Waals surface area (Å²) in [6.45, 7) is 3.72. The maximum atomic E-state index is 13.6. The molecule has 1 heterocycles. The number of hydrogen-bond donors (Lipinski definition) is 2. The lowest BCUT2D eigenvalue weighted by molar-refractivity contribution is -0.123. The Morgan fingerprint density at radius 2 is 2.08 bits per heavy atom. The zero-order chi connectivity index (χ0) is 17.1. The van der Waals surface area contributed by atoms with Crippen molar-refractivity contribution < 1.29 is 13.6 Å². The highest BCUT2D eigenvalue weighted by atomic mass is 19.2. The molecule has 1 aliphatic heterocycles. The molecule has 24 heavy (non-hydrogen) atoms. The van der Waals surface area contributed by atoms with Crippen molar-refractivity contribution in [2.24, 2.45) is 11.8 Å². The smallest absolute Gasteiger partial charge is 0.220 e. The molecule has 0 radical (unpaired) electrons. The molecule has 4 unspecified atom stereocenters. The van der Waals surface area contributed by atoms with E-state index in [4.69, 9.17) is 0 Å². The summed E-state index contributed by atoms with van der Waals surface area (Å²) in [5.74, 6) is -0.352. The molecule has 1 saturated carbocycles. The summed E-state index contributed by atoms with van der Waals surface area (Å²) in [7, 11) is 0. The van der Waals surface area contributed by atoms with E-state index in [1.54, 1.807) is 6.07 Å². The number of benzene rings is 1. The number of carbonyl (C=O) groups excluding carboxylic acids is 1. The molecule has 0 bridgehead atoms. The van der Waals surface area contributed by atoms with E-state index in [-0.39, 0.29) is 17.9 Å². The van der Waals surface area contributed by atoms with Crippen LogP contribution in [-0.4, -0.2) is 25.0 Å². The Morgan fingerprint density at radius 1 is 1.25 bits per heavy atom. The zero-order valence-corrected chi connectivity index (χ0v) is 14.2. The summed E-state index contributed by atoms with van der Waals surface area (Å²) in [4.78, 5) is 12.4. The molecule has 0 aromatic heterocycles. The van der Waals surface area contributed by atoms with E-state index >= 15 is 0 Å². The number of carbonyl (C=O) groups is 1. The van der Waals surface area contributed by atoms with Gasteiger partial charge < -0.3 is 10.6 Å². The molecule has 1 aromatic rings. The van der Waals surface area contributed by atoms with Gasteiger partial charge in [-0.15, -0.1) is 0 Å². The lowest BCUT2D eigenvalue weighted by atomic mass is 9.85. The molecular weight excluding hydrogens is 310 g/mol. The standard InChI is InChI=1S/C19H26F2N2O/c1-12-2-3-13(8-12)9-19(24)23-18-11-22-7-6-15(18)14-4-5-16(20)17(21)10-14/h4-5,10,12-13,15,18,22H,2-3,6-9,11H2,1H3,(H,23,24). The van der Waals surface area contributed by atoms with Gasteiger partial charge in [-0.1, -0.05) is 19.4 Å². The van der Waals surface area contributed by atoms with Crippen LogP contribution in [0.5, 0.6) is 0 Å². The number of amides is 1. The Morgan fingerprint density at radius 3 is 2.79 bits per heavy atom. The van der Waals surface area contributed by atoms with Crippen molar-refractivity contribution in [3.8, 4) is 0 Å². The van der Waals surface area contributed by atoms with Gasteiger partial charge in [-0.25, -0.2) is 8.78 Å². The minimum Gasteiger partial charge on any atom is -0.351 e. The summed E-state index contributed by atoms with van der Waals surface area (Å²) in [5.41, 5.74) is 0.759. The van der Waals surface area contributed by atoms with Crippen LogP contribution in [0.3, 0.4) is 0 Å². The van der Waals surface area contributed by atoms with E-state index in [1.165, 1.54) is 18.6 Å². The van der Waals surface area contributed by atoms with Crippen LogP contribution in [0.15, 0.2) is 18.2 Å². The fraction of sp³-hybridized carbons (Fsp3) is 0.632. The Bertz CT molecular complexity index is 593. The van der Waals surface area contributed by atoms with Crippen LogP contribution in [0.4, 0.5) is 8.78 Å². The second-order valence-corrected chi connectivity index (χ2v) is 7.44. The first-order chi connectivity index (χ1) is 11.5. The fourth-order valence-corrected chi connectivity index (χ4v) is 4.19. The molecule has 1 aliphatic carbocycles. The second kappa shape index (κ2) is 7.60. The van der Waals surface area contributed by atoms with Crippen LogP contribution >= 0.6 is 0 Å². The topological polar surface area (TPSA) is 41.1 Å². The summed E-state index contributed by atoms with van der Waals surface area (Å²) in [5, 5.41) is 6.41. The zero-order valence-electron chi connectivity index (χ0n) is 14.2. The maximum Gasteiger partial charge on any atom is 0.220 e. The molecule has 3 rings (SSSR count). The molecule has 1 aromatic carbocycles. The summed E-state index contributed by atoms with van der Waals surface area (Å²) in [6.07, 6.45) is 4.84. The van der Waals surface area contributed by atoms with Crippen LogP contribution in [0.25, 0.3) is 0 Å². The van der Waals surface area contributed by atoms with Gasteiger partial charge in [0.1, 0.15) is 0 Å². The first-order valence-corrected chi connectivity index (χ1v) is 8.98. The van der Waals surface area contributed by atoms with Crippen molar-refractivity contribution in [1.82, 2.24) is 10.6 Å². The van der Waals surface area contributed by atoms with Crippen LogP contribution in [-0.2, 0) is 4.79 Å². The predicted molar refractivity (Wildman–Crippen MR) is 89.6 cm³/mol. The predicted octanol–water partition coefficient (Wildman–Crippen LogP) is 3.35. The van der Waals surface area contributed by atoms with Crippen molar-refractivity contribution in [3.05, 3.63) is 35.4 Å². The highest BCUT2D eigenvalue weighted by Crippen LogP contribution is 2.33. The number of nitrogens with one attached hydrogen (secondary N) is 2. The minimum atomic E-state index is -0.830. The van der Waals surface area contributed by atoms with Crippen molar-refractivity contribution in [2.75, 3.05) is 13.1 Å². The third-order valence-electron chi connectivity index (χ3n) is 5.48. The normalized spacial score (nSPS) is 30.3. The molecule has 1 saturated heterocycles. The molecule has 4 atom stereocenters. The number of piperidine rings is 1. The number of rotatable bonds is 4. The summed E-state index contributed by atoms with van der Waals surface area (Å²) < 4.78 is 26.7. The van der Waals surface area contributed by atoms with Crippen molar-refractivity contribution >= 4 is 5.91 Å². The SMILES string of the molecule is CC1CCC(CC(=O)NC2CNCCC2c2ccc(F)c(F)c2)C1. The lowest BCUT2D eigenvalue weighted by Crippen LogP contribution is -2.50. The monoisotopic (exact) mass is 336 g/mol. The fourth-order valence-electron chi connectivity index (χ4n) is 4.19. The summed E-state index contributed by atoms with van der Waals surface area (Å²) >= 11 is 0. The van der Waals surface area contributed by atoms with Crippen LogP contribution < -0.4 is 10.6 Å². The third-order valence-corrected chi connectivity index (χ3v) is 5.48. The average molecular weight is 336 g/mol. The second-order valence-electron chi connectivity index (χ2n) is 7.44. The lowest BCUT2D eigenvalue weighted by Gasteiger charge is -2.33. The van der Waals surface area contributed by atoms with Crippen molar-refractivity contribution in [1.29, 1.82) is 0 Å². The van der Waals surface area contributed by atoms with E-state index in [2.05, 4.69) is 17.6 Å². The highest BCUT2D eigenvalue weighted by molar-refractivity contribution is 5.76. The van der Waals surface area contributed by atoms with Gasteiger partial charge in [-0.05, 0) is 55.3 Å². The molecule has 2 N–H and O–H groups in total. The van der Waals surface area contributed by atoms with Gasteiger partial charge in [0.05, 0.1) is 0 Å². The molecule has 5 heteroatoms. The molecule has 132 valence electrons. The van der Waals surface area contributed by atoms with Crippen LogP contribution in [0, 0.1) is 23.5 Å². The average Bonchev–Trinajstić information content (AvgIpc) is 2.95. The van der Waals surface area contributed by atoms with Gasteiger partial charge in [0.2, 0.25) is 5.91 Å². The minimum absolute atomic E-state index is 0.0211. The van der Waals surface area contributed by atoms with Crippen LogP contribution in [0.1, 0.15) is 50.5 Å². The Kier molecular flexibility index (Phi) is 5.49. The maximum absolute atomic E-state index is 13.6. The van der Waals surface area contributed by atoms with E-state index < -0.39 is 11.6 Å². The largest absolute Gasteiger partial charge is 0.351 e. The third kappa shape index (κ3) is 4.12.